The number of aliphatic hydroxyl groups is 5. The van der Waals surface area contributed by atoms with Crippen molar-refractivity contribution in [3.8, 4) is 5.75 Å². The predicted molar refractivity (Wildman–Crippen MR) is 112 cm³/mol. The average molecular weight is 458 g/mol. The fourth-order valence-corrected chi connectivity index (χ4v) is 3.64. The third-order valence-corrected chi connectivity index (χ3v) is 5.54. The second-order valence-electron chi connectivity index (χ2n) is 7.94. The van der Waals surface area contributed by atoms with Gasteiger partial charge < -0.3 is 39.7 Å². The van der Waals surface area contributed by atoms with Crippen molar-refractivity contribution >= 4 is 5.97 Å². The molecule has 2 rings (SSSR count). The quantitative estimate of drug-likeness (QED) is 0.220. The minimum Gasteiger partial charge on any atom is -0.460 e. The Morgan fingerprint density at radius 2 is 1.81 bits per heavy atom. The molecule has 1 aliphatic heterocycles. The molecular weight excluding hydrogens is 422 g/mol. The Labute approximate surface area is 187 Å². The maximum Gasteiger partial charge on any atom is 0.306 e. The molecule has 5 atom stereocenters. The van der Waals surface area contributed by atoms with E-state index in [1.54, 1.807) is 6.92 Å². The van der Waals surface area contributed by atoms with Crippen LogP contribution in [0.5, 0.6) is 5.75 Å². The molecule has 0 aromatic carbocycles. The van der Waals surface area contributed by atoms with Gasteiger partial charge in [-0.05, 0) is 13.3 Å². The Morgan fingerprint density at radius 3 is 2.44 bits per heavy atom. The van der Waals surface area contributed by atoms with Crippen LogP contribution in [-0.2, 0) is 27.5 Å². The number of hydrogen-bond donors (Lipinski definition) is 5. The van der Waals surface area contributed by atoms with Crippen LogP contribution in [0.4, 0.5) is 0 Å². The van der Waals surface area contributed by atoms with E-state index in [1.807, 2.05) is 0 Å². The number of carbonyl (C=O) groups excluding carboxylic acids is 1. The van der Waals surface area contributed by atoms with Crippen LogP contribution in [0.3, 0.4) is 0 Å². The minimum absolute atomic E-state index is 0.0921. The maximum atomic E-state index is 12.2. The van der Waals surface area contributed by atoms with Gasteiger partial charge in [-0.25, -0.2) is 0 Å². The minimum atomic E-state index is -1.61. The van der Waals surface area contributed by atoms with E-state index in [9.17, 15) is 30.3 Å². The fraction of sp³-hybridized carbons (Fsp3) is 0.727. The number of esters is 1. The van der Waals surface area contributed by atoms with Crippen molar-refractivity contribution in [3.05, 3.63) is 23.0 Å². The van der Waals surface area contributed by atoms with E-state index in [0.29, 0.717) is 17.7 Å². The number of rotatable bonds is 12. The fourth-order valence-electron chi connectivity index (χ4n) is 3.64. The summed E-state index contributed by atoms with van der Waals surface area (Å²) in [6.45, 7) is 2.28. The Hall–Kier alpha value is -1.82. The molecule has 5 N–H and O–H groups in total. The third kappa shape index (κ3) is 6.60. The van der Waals surface area contributed by atoms with E-state index in [2.05, 4.69) is 11.9 Å². The molecule has 0 aliphatic carbocycles. The molecule has 1 aromatic rings. The Kier molecular flexibility index (Phi) is 10.8. The summed E-state index contributed by atoms with van der Waals surface area (Å²) in [6, 6.07) is 0. The van der Waals surface area contributed by atoms with Crippen molar-refractivity contribution in [2.45, 2.75) is 96.3 Å². The predicted octanol–water partition coefficient (Wildman–Crippen LogP) is 0.465. The molecule has 0 radical (unpaired) electrons. The summed E-state index contributed by atoms with van der Waals surface area (Å²) in [5.74, 6) is -0.452. The number of aliphatic hydroxyl groups excluding tert-OH is 5. The van der Waals surface area contributed by atoms with Gasteiger partial charge in [-0.1, -0.05) is 32.6 Å². The first-order chi connectivity index (χ1) is 15.4. The standard InChI is InChI=1S/C22H35NO9/c1-3-4-5-6-7-8-17(27)31-21-16(12-26)30-22(19(29)18(21)28)32-20-13(2)23-9-14(10-24)15(20)11-25/h9,16,18-19,21-22,24-26,28-29H,3-8,10-12H2,1-2H3/t16-,18-,19-,21-,22+/m1/s1. The number of unbranched alkanes of at least 4 members (excludes halogenated alkanes) is 4. The van der Waals surface area contributed by atoms with Gasteiger partial charge in [-0.3, -0.25) is 9.78 Å². The molecule has 32 heavy (non-hydrogen) atoms. The molecule has 0 spiro atoms. The van der Waals surface area contributed by atoms with Crippen LogP contribution in [0.1, 0.15) is 62.3 Å². The Balaban J connectivity index is 2.07. The summed E-state index contributed by atoms with van der Waals surface area (Å²) < 4.78 is 16.6. The normalized spacial score (nSPS) is 25.5. The van der Waals surface area contributed by atoms with Crippen LogP contribution in [0, 0.1) is 6.92 Å². The summed E-state index contributed by atoms with van der Waals surface area (Å²) in [5.41, 5.74) is 0.972. The molecule has 0 bridgehead atoms. The largest absolute Gasteiger partial charge is 0.460 e. The molecule has 1 saturated heterocycles. The molecule has 1 fully saturated rings. The number of aromatic nitrogens is 1. The first-order valence-corrected chi connectivity index (χ1v) is 11.1. The summed E-state index contributed by atoms with van der Waals surface area (Å²) in [5, 5.41) is 50.0. The molecule has 0 unspecified atom stereocenters. The van der Waals surface area contributed by atoms with Crippen molar-refractivity contribution in [3.63, 3.8) is 0 Å². The van der Waals surface area contributed by atoms with Gasteiger partial charge in [0.25, 0.3) is 0 Å². The van der Waals surface area contributed by atoms with Crippen molar-refractivity contribution in [1.29, 1.82) is 0 Å². The first kappa shape index (κ1) is 26.4. The number of pyridine rings is 1. The highest BCUT2D eigenvalue weighted by Crippen LogP contribution is 2.31. The van der Waals surface area contributed by atoms with E-state index in [-0.39, 0.29) is 24.3 Å². The number of aryl methyl sites for hydroxylation is 1. The van der Waals surface area contributed by atoms with Crippen LogP contribution in [0.25, 0.3) is 0 Å². The van der Waals surface area contributed by atoms with Crippen LogP contribution in [0.2, 0.25) is 0 Å². The molecule has 1 aromatic heterocycles. The zero-order valence-corrected chi connectivity index (χ0v) is 18.6. The SMILES string of the molecule is CCCCCCCC(=O)O[C@H]1[C@H](O)[C@@H](O)[C@H](Oc2c(C)ncc(CO)c2CO)O[C@@H]1CO. The lowest BCUT2D eigenvalue weighted by molar-refractivity contribution is -0.281. The molecule has 10 heteroatoms. The van der Waals surface area contributed by atoms with E-state index in [0.717, 1.165) is 25.7 Å². The molecule has 182 valence electrons. The molecule has 1 aliphatic rings. The summed E-state index contributed by atoms with van der Waals surface area (Å²) in [4.78, 5) is 16.3. The third-order valence-electron chi connectivity index (χ3n) is 5.54. The van der Waals surface area contributed by atoms with Crippen molar-refractivity contribution in [2.24, 2.45) is 0 Å². The molecule has 2 heterocycles. The summed E-state index contributed by atoms with van der Waals surface area (Å²) in [6.07, 6.45) is -0.677. The van der Waals surface area contributed by atoms with Gasteiger partial charge in [-0.15, -0.1) is 0 Å². The van der Waals surface area contributed by atoms with Crippen molar-refractivity contribution in [2.75, 3.05) is 6.61 Å². The zero-order chi connectivity index (χ0) is 23.7. The highest BCUT2D eigenvalue weighted by molar-refractivity contribution is 5.69. The Morgan fingerprint density at radius 1 is 1.09 bits per heavy atom. The van der Waals surface area contributed by atoms with Crippen molar-refractivity contribution in [1.82, 2.24) is 4.98 Å². The molecular formula is C22H35NO9. The lowest BCUT2D eigenvalue weighted by Crippen LogP contribution is -2.61. The number of hydrogen-bond acceptors (Lipinski definition) is 10. The van der Waals surface area contributed by atoms with E-state index in [1.165, 1.54) is 6.20 Å². The maximum absolute atomic E-state index is 12.2. The van der Waals surface area contributed by atoms with Crippen LogP contribution < -0.4 is 4.74 Å². The number of carbonyl (C=O) groups is 1. The number of nitrogens with zero attached hydrogens (tertiary/aromatic N) is 1. The lowest BCUT2D eigenvalue weighted by atomic mass is 9.98. The second-order valence-corrected chi connectivity index (χ2v) is 7.94. The van der Waals surface area contributed by atoms with Crippen molar-refractivity contribution < 1.29 is 44.5 Å². The Bertz CT molecular complexity index is 728. The average Bonchev–Trinajstić information content (AvgIpc) is 2.79. The number of ether oxygens (including phenoxy) is 3. The van der Waals surface area contributed by atoms with Crippen LogP contribution in [0.15, 0.2) is 6.20 Å². The van der Waals surface area contributed by atoms with Gasteiger partial charge in [0.2, 0.25) is 6.29 Å². The summed E-state index contributed by atoms with van der Waals surface area (Å²) in [7, 11) is 0. The van der Waals surface area contributed by atoms with Gasteiger partial charge in [0.05, 0.1) is 25.5 Å². The first-order valence-electron chi connectivity index (χ1n) is 11.1. The highest BCUT2D eigenvalue weighted by Gasteiger charge is 2.48. The lowest BCUT2D eigenvalue weighted by Gasteiger charge is -2.41. The smallest absolute Gasteiger partial charge is 0.306 e. The molecule has 0 saturated carbocycles. The monoisotopic (exact) mass is 457 g/mol. The molecule has 0 amide bonds. The second kappa shape index (κ2) is 13.0. The van der Waals surface area contributed by atoms with Crippen LogP contribution >= 0.6 is 0 Å². The summed E-state index contributed by atoms with van der Waals surface area (Å²) >= 11 is 0. The van der Waals surface area contributed by atoms with Gasteiger partial charge in [0, 0.05) is 23.7 Å². The van der Waals surface area contributed by atoms with Crippen LogP contribution in [-0.4, -0.2) is 73.8 Å². The topological polar surface area (TPSA) is 159 Å². The van der Waals surface area contributed by atoms with Gasteiger partial charge in [0.15, 0.2) is 6.10 Å². The van der Waals surface area contributed by atoms with Gasteiger partial charge in [-0.2, -0.15) is 0 Å². The van der Waals surface area contributed by atoms with Gasteiger partial charge in [0.1, 0.15) is 24.1 Å². The van der Waals surface area contributed by atoms with Gasteiger partial charge >= 0.3 is 5.97 Å². The van der Waals surface area contributed by atoms with E-state index < -0.39 is 49.9 Å². The van der Waals surface area contributed by atoms with E-state index >= 15 is 0 Å². The highest BCUT2D eigenvalue weighted by atomic mass is 16.7. The zero-order valence-electron chi connectivity index (χ0n) is 18.6. The molecule has 10 nitrogen and oxygen atoms in total. The van der Waals surface area contributed by atoms with E-state index in [4.69, 9.17) is 14.2 Å².